The second kappa shape index (κ2) is 13.6. The Labute approximate surface area is 226 Å². The predicted octanol–water partition coefficient (Wildman–Crippen LogP) is 5.33. The first-order chi connectivity index (χ1) is 18.9. The molecule has 38 heavy (non-hydrogen) atoms. The molecular formula is C33H37N5. The molecule has 0 unspecified atom stereocenters. The van der Waals surface area contributed by atoms with E-state index in [1.54, 1.807) is 0 Å². The number of rotatable bonds is 6. The van der Waals surface area contributed by atoms with Crippen molar-refractivity contribution in [1.29, 1.82) is 0 Å². The minimum Gasteiger partial charge on any atom is -0.354 e. The minimum absolute atomic E-state index is 0.379. The summed E-state index contributed by atoms with van der Waals surface area (Å²) in [5.41, 5.74) is 5.22. The lowest BCUT2D eigenvalue weighted by Crippen LogP contribution is -2.45. The molecule has 5 nitrogen and oxygen atoms in total. The Morgan fingerprint density at radius 1 is 0.658 bits per heavy atom. The maximum absolute atomic E-state index is 4.54. The van der Waals surface area contributed by atoms with Gasteiger partial charge in [-0.3, -0.25) is 9.89 Å². The van der Waals surface area contributed by atoms with Gasteiger partial charge in [-0.2, -0.15) is 0 Å². The zero-order valence-corrected chi connectivity index (χ0v) is 21.9. The standard InChI is InChI=1S/C17H20N2.C16H17N3/c1-3-7-15(8-4-1)17(16-9-5-2-6-10-16)19-13-11-18-12-14-19;1-3-7-14(8-4-1)13-19(16-17-11-12-18-16)15-9-5-2-6-10-15/h1-10,17-18H,11-14H2;1-10H,11-13H2,(H,17,18). The van der Waals surface area contributed by atoms with Crippen molar-refractivity contribution < 1.29 is 0 Å². The predicted molar refractivity (Wildman–Crippen MR) is 159 cm³/mol. The smallest absolute Gasteiger partial charge is 0.198 e. The van der Waals surface area contributed by atoms with E-state index in [2.05, 4.69) is 135 Å². The highest BCUT2D eigenvalue weighted by atomic mass is 15.3. The van der Waals surface area contributed by atoms with Gasteiger partial charge in [-0.25, -0.2) is 0 Å². The van der Waals surface area contributed by atoms with Gasteiger partial charge >= 0.3 is 0 Å². The summed E-state index contributed by atoms with van der Waals surface area (Å²) >= 11 is 0. The fourth-order valence-electron chi connectivity index (χ4n) is 5.05. The minimum atomic E-state index is 0.379. The molecule has 4 aromatic carbocycles. The first-order valence-corrected chi connectivity index (χ1v) is 13.6. The van der Waals surface area contributed by atoms with Gasteiger partial charge in [-0.15, -0.1) is 0 Å². The van der Waals surface area contributed by atoms with E-state index in [-0.39, 0.29) is 0 Å². The number of nitrogens with zero attached hydrogens (tertiary/aromatic N) is 3. The molecule has 2 aliphatic heterocycles. The highest BCUT2D eigenvalue weighted by molar-refractivity contribution is 5.96. The van der Waals surface area contributed by atoms with E-state index in [0.717, 1.165) is 51.8 Å². The van der Waals surface area contributed by atoms with Crippen molar-refractivity contribution in [3.05, 3.63) is 138 Å². The number of aliphatic imine (C=N–C) groups is 1. The normalized spacial score (nSPS) is 15.2. The van der Waals surface area contributed by atoms with Crippen molar-refractivity contribution in [2.24, 2.45) is 4.99 Å². The number of anilines is 1. The molecular weight excluding hydrogens is 466 g/mol. The third-order valence-corrected chi connectivity index (χ3v) is 6.91. The molecule has 2 heterocycles. The van der Waals surface area contributed by atoms with E-state index in [9.17, 15) is 0 Å². The zero-order chi connectivity index (χ0) is 25.8. The van der Waals surface area contributed by atoms with Crippen molar-refractivity contribution in [2.45, 2.75) is 12.6 Å². The van der Waals surface area contributed by atoms with Crippen LogP contribution in [0.2, 0.25) is 0 Å². The number of hydrogen-bond acceptors (Lipinski definition) is 5. The first-order valence-electron chi connectivity index (χ1n) is 13.6. The van der Waals surface area contributed by atoms with Crippen LogP contribution in [0, 0.1) is 0 Å². The van der Waals surface area contributed by atoms with Crippen LogP contribution in [0.1, 0.15) is 22.7 Å². The fourth-order valence-corrected chi connectivity index (χ4v) is 5.05. The molecule has 0 aliphatic carbocycles. The third-order valence-electron chi connectivity index (χ3n) is 6.91. The quantitative estimate of drug-likeness (QED) is 0.373. The molecule has 0 bridgehead atoms. The average molecular weight is 504 g/mol. The molecule has 0 radical (unpaired) electrons. The van der Waals surface area contributed by atoms with Crippen LogP contribution in [0.4, 0.5) is 5.69 Å². The fraction of sp³-hybridized carbons (Fsp3) is 0.242. The van der Waals surface area contributed by atoms with Crippen molar-refractivity contribution >= 4 is 11.6 Å². The molecule has 1 saturated heterocycles. The highest BCUT2D eigenvalue weighted by Gasteiger charge is 2.23. The van der Waals surface area contributed by atoms with Crippen LogP contribution in [-0.2, 0) is 6.54 Å². The molecule has 2 N–H and O–H groups in total. The Morgan fingerprint density at radius 2 is 1.18 bits per heavy atom. The van der Waals surface area contributed by atoms with Crippen LogP contribution in [0.5, 0.6) is 0 Å². The van der Waals surface area contributed by atoms with Crippen LogP contribution in [0.25, 0.3) is 0 Å². The van der Waals surface area contributed by atoms with Gasteiger partial charge < -0.3 is 15.5 Å². The van der Waals surface area contributed by atoms with Crippen LogP contribution in [0.15, 0.2) is 126 Å². The van der Waals surface area contributed by atoms with Crippen LogP contribution >= 0.6 is 0 Å². The van der Waals surface area contributed by atoms with E-state index in [4.69, 9.17) is 0 Å². The Kier molecular flexibility index (Phi) is 9.18. The number of hydrogen-bond donors (Lipinski definition) is 2. The van der Waals surface area contributed by atoms with Crippen molar-refractivity contribution in [1.82, 2.24) is 15.5 Å². The summed E-state index contributed by atoms with van der Waals surface area (Å²) in [4.78, 5) is 9.34. The molecule has 1 fully saturated rings. The number of piperazine rings is 1. The largest absolute Gasteiger partial charge is 0.354 e. The molecule has 0 spiro atoms. The number of nitrogens with one attached hydrogen (secondary N) is 2. The summed E-state index contributed by atoms with van der Waals surface area (Å²) in [7, 11) is 0. The second-order valence-corrected chi connectivity index (χ2v) is 9.55. The molecule has 6 rings (SSSR count). The molecule has 0 atom stereocenters. The number of guanidine groups is 1. The maximum atomic E-state index is 4.54. The van der Waals surface area contributed by atoms with Crippen LogP contribution in [0.3, 0.4) is 0 Å². The van der Waals surface area contributed by atoms with Crippen LogP contribution < -0.4 is 15.5 Å². The lowest BCUT2D eigenvalue weighted by Gasteiger charge is -2.35. The zero-order valence-electron chi connectivity index (χ0n) is 21.9. The van der Waals surface area contributed by atoms with Gasteiger partial charge in [0.25, 0.3) is 0 Å². The van der Waals surface area contributed by atoms with Gasteiger partial charge in [-0.05, 0) is 28.8 Å². The SMILES string of the molecule is c1ccc(C(c2ccccc2)N2CCNCC2)cc1.c1ccc(CN(C2=NCCN2)c2ccccc2)cc1. The molecule has 5 heteroatoms. The monoisotopic (exact) mass is 503 g/mol. The van der Waals surface area contributed by atoms with E-state index >= 15 is 0 Å². The summed E-state index contributed by atoms with van der Waals surface area (Å²) in [6, 6.07) is 42.9. The second-order valence-electron chi connectivity index (χ2n) is 9.55. The summed E-state index contributed by atoms with van der Waals surface area (Å²) in [6.45, 7) is 6.98. The third kappa shape index (κ3) is 6.88. The Morgan fingerprint density at radius 3 is 1.71 bits per heavy atom. The van der Waals surface area contributed by atoms with Crippen molar-refractivity contribution in [3.8, 4) is 0 Å². The first kappa shape index (κ1) is 25.7. The van der Waals surface area contributed by atoms with Gasteiger partial charge in [0, 0.05) is 38.4 Å². The number of benzene rings is 4. The van der Waals surface area contributed by atoms with Gasteiger partial charge in [-0.1, -0.05) is 109 Å². The maximum Gasteiger partial charge on any atom is 0.198 e. The Hall–Kier alpha value is -3.93. The van der Waals surface area contributed by atoms with Gasteiger partial charge in [0.05, 0.1) is 19.1 Å². The summed E-state index contributed by atoms with van der Waals surface area (Å²) in [5.74, 6) is 0.968. The Bertz CT molecular complexity index is 1200. The van der Waals surface area contributed by atoms with Crippen LogP contribution in [-0.4, -0.2) is 50.1 Å². The van der Waals surface area contributed by atoms with E-state index in [1.807, 2.05) is 12.1 Å². The summed E-state index contributed by atoms with van der Waals surface area (Å²) < 4.78 is 0. The molecule has 2 aliphatic rings. The molecule has 0 saturated carbocycles. The molecule has 194 valence electrons. The van der Waals surface area contributed by atoms with Crippen molar-refractivity contribution in [3.63, 3.8) is 0 Å². The number of para-hydroxylation sites is 1. The molecule has 0 aromatic heterocycles. The van der Waals surface area contributed by atoms with Gasteiger partial charge in [0.2, 0.25) is 0 Å². The highest BCUT2D eigenvalue weighted by Crippen LogP contribution is 2.28. The van der Waals surface area contributed by atoms with E-state index in [0.29, 0.717) is 6.04 Å². The van der Waals surface area contributed by atoms with E-state index < -0.39 is 0 Å². The molecule has 4 aromatic rings. The lowest BCUT2D eigenvalue weighted by atomic mass is 9.96. The average Bonchev–Trinajstić information content (AvgIpc) is 3.54. The summed E-state index contributed by atoms with van der Waals surface area (Å²) in [6.07, 6.45) is 0. The summed E-state index contributed by atoms with van der Waals surface area (Å²) in [5, 5.41) is 6.78. The topological polar surface area (TPSA) is 42.9 Å². The van der Waals surface area contributed by atoms with Gasteiger partial charge in [0.1, 0.15) is 0 Å². The Balaban J connectivity index is 0.000000155. The van der Waals surface area contributed by atoms with E-state index in [1.165, 1.54) is 22.4 Å². The van der Waals surface area contributed by atoms with Crippen molar-refractivity contribution in [2.75, 3.05) is 44.2 Å². The molecule has 0 amide bonds. The van der Waals surface area contributed by atoms with Gasteiger partial charge in [0.15, 0.2) is 5.96 Å². The lowest BCUT2D eigenvalue weighted by molar-refractivity contribution is 0.198.